The fourth-order valence-corrected chi connectivity index (χ4v) is 1.54. The summed E-state index contributed by atoms with van der Waals surface area (Å²) in [5, 5.41) is 18.3. The molecule has 4 heteroatoms. The van der Waals surface area contributed by atoms with E-state index in [0.717, 1.165) is 6.29 Å². The Kier molecular flexibility index (Phi) is 2.84. The van der Waals surface area contributed by atoms with Gasteiger partial charge in [0.1, 0.15) is 11.8 Å². The van der Waals surface area contributed by atoms with Crippen LogP contribution in [0.25, 0.3) is 11.1 Å². The summed E-state index contributed by atoms with van der Waals surface area (Å²) >= 11 is 0. The normalized spacial score (nSPS) is 9.59. The molecule has 1 heterocycles. The minimum absolute atomic E-state index is 0.106. The van der Waals surface area contributed by atoms with Crippen LogP contribution in [0, 0.1) is 11.3 Å². The highest BCUT2D eigenvalue weighted by atomic mass is 16.3. The molecule has 2 aromatic rings. The van der Waals surface area contributed by atoms with Gasteiger partial charge >= 0.3 is 0 Å². The van der Waals surface area contributed by atoms with Crippen molar-refractivity contribution in [2.75, 3.05) is 0 Å². The Hall–Kier alpha value is -2.67. The van der Waals surface area contributed by atoms with Gasteiger partial charge in [-0.25, -0.2) is 0 Å². The van der Waals surface area contributed by atoms with Crippen molar-refractivity contribution in [3.63, 3.8) is 0 Å². The van der Waals surface area contributed by atoms with E-state index in [-0.39, 0.29) is 11.3 Å². The maximum atomic E-state index is 10.9. The third-order valence-electron chi connectivity index (χ3n) is 2.41. The van der Waals surface area contributed by atoms with Crippen LogP contribution < -0.4 is 0 Å². The number of phenolic OH excluding ortho intramolecular Hbond substituents is 1. The molecule has 0 saturated heterocycles. The molecule has 2 rings (SSSR count). The number of nitriles is 1. The first-order valence-electron chi connectivity index (χ1n) is 4.89. The highest BCUT2D eigenvalue weighted by molar-refractivity contribution is 5.87. The molecule has 0 fully saturated rings. The van der Waals surface area contributed by atoms with Gasteiger partial charge in [-0.3, -0.25) is 9.78 Å². The Labute approximate surface area is 97.8 Å². The summed E-state index contributed by atoms with van der Waals surface area (Å²) in [4.78, 5) is 14.8. The third kappa shape index (κ3) is 1.99. The van der Waals surface area contributed by atoms with E-state index in [9.17, 15) is 9.90 Å². The first-order valence-corrected chi connectivity index (χ1v) is 4.89. The van der Waals surface area contributed by atoms with E-state index in [1.807, 2.05) is 6.07 Å². The lowest BCUT2D eigenvalue weighted by atomic mass is 10.0. The summed E-state index contributed by atoms with van der Waals surface area (Å²) in [7, 11) is 0. The molecule has 0 atom stereocenters. The van der Waals surface area contributed by atoms with E-state index in [4.69, 9.17) is 5.26 Å². The third-order valence-corrected chi connectivity index (χ3v) is 2.41. The molecule has 0 aliphatic heterocycles. The molecule has 4 nitrogen and oxygen atoms in total. The quantitative estimate of drug-likeness (QED) is 0.793. The second-order valence-corrected chi connectivity index (χ2v) is 3.42. The van der Waals surface area contributed by atoms with Crippen molar-refractivity contribution >= 4 is 6.29 Å². The number of carbonyl (C=O) groups excluding carboxylic acids is 1. The summed E-state index contributed by atoms with van der Waals surface area (Å²) in [5.74, 6) is -0.106. The number of phenols is 1. The first kappa shape index (κ1) is 10.8. The van der Waals surface area contributed by atoms with E-state index in [0.29, 0.717) is 16.7 Å². The Morgan fingerprint density at radius 3 is 2.82 bits per heavy atom. The van der Waals surface area contributed by atoms with Crippen molar-refractivity contribution in [3.8, 4) is 22.9 Å². The average molecular weight is 224 g/mol. The van der Waals surface area contributed by atoms with E-state index in [1.54, 1.807) is 18.3 Å². The van der Waals surface area contributed by atoms with Crippen LogP contribution in [0.5, 0.6) is 5.75 Å². The van der Waals surface area contributed by atoms with Crippen molar-refractivity contribution in [2.45, 2.75) is 0 Å². The molecule has 0 saturated carbocycles. The zero-order valence-corrected chi connectivity index (χ0v) is 8.79. The van der Waals surface area contributed by atoms with Gasteiger partial charge in [-0.15, -0.1) is 0 Å². The molecule has 82 valence electrons. The van der Waals surface area contributed by atoms with Crippen LogP contribution in [0.1, 0.15) is 15.9 Å². The van der Waals surface area contributed by atoms with Crippen LogP contribution in [0.4, 0.5) is 0 Å². The zero-order chi connectivity index (χ0) is 12.3. The van der Waals surface area contributed by atoms with Crippen LogP contribution in [0.2, 0.25) is 0 Å². The monoisotopic (exact) mass is 224 g/mol. The standard InChI is InChI=1S/C13H8N2O2/c14-6-10-2-1-9(5-13(10)17)12-7-15-4-3-11(12)8-16/h1-5,7-8,17H. The first-order chi connectivity index (χ1) is 8.26. The average Bonchev–Trinajstić information content (AvgIpc) is 2.38. The maximum absolute atomic E-state index is 10.9. The molecule has 17 heavy (non-hydrogen) atoms. The number of pyridine rings is 1. The molecule has 0 aliphatic rings. The van der Waals surface area contributed by atoms with Gasteiger partial charge in [0.2, 0.25) is 0 Å². The molecule has 0 radical (unpaired) electrons. The second kappa shape index (κ2) is 4.45. The summed E-state index contributed by atoms with van der Waals surface area (Å²) in [6.45, 7) is 0. The lowest BCUT2D eigenvalue weighted by Crippen LogP contribution is -1.89. The Morgan fingerprint density at radius 1 is 1.35 bits per heavy atom. The largest absolute Gasteiger partial charge is 0.507 e. The molecular formula is C13H8N2O2. The number of aromatic hydroxyl groups is 1. The van der Waals surface area contributed by atoms with Crippen molar-refractivity contribution in [2.24, 2.45) is 0 Å². The molecule has 1 N–H and O–H groups in total. The molecule has 0 aliphatic carbocycles. The van der Waals surface area contributed by atoms with Gasteiger partial charge in [0.25, 0.3) is 0 Å². The predicted octanol–water partition coefficient (Wildman–Crippen LogP) is 2.14. The van der Waals surface area contributed by atoms with E-state index in [1.165, 1.54) is 18.3 Å². The van der Waals surface area contributed by atoms with Gasteiger partial charge in [-0.2, -0.15) is 5.26 Å². The number of aldehydes is 1. The Bertz CT molecular complexity index is 615. The predicted molar refractivity (Wildman–Crippen MR) is 61.4 cm³/mol. The summed E-state index contributed by atoms with van der Waals surface area (Å²) in [5.41, 5.74) is 1.97. The van der Waals surface area contributed by atoms with Crippen molar-refractivity contribution < 1.29 is 9.90 Å². The number of nitrogens with zero attached hydrogens (tertiary/aromatic N) is 2. The number of hydrogen-bond donors (Lipinski definition) is 1. The summed E-state index contributed by atoms with van der Waals surface area (Å²) in [6.07, 6.45) is 3.80. The molecule has 0 unspecified atom stereocenters. The van der Waals surface area contributed by atoms with Crippen LogP contribution >= 0.6 is 0 Å². The van der Waals surface area contributed by atoms with Gasteiger partial charge in [0, 0.05) is 23.5 Å². The highest BCUT2D eigenvalue weighted by Crippen LogP contribution is 2.27. The lowest BCUT2D eigenvalue weighted by Gasteiger charge is -2.05. The van der Waals surface area contributed by atoms with Crippen molar-refractivity contribution in [1.29, 1.82) is 5.26 Å². The van der Waals surface area contributed by atoms with E-state index >= 15 is 0 Å². The Morgan fingerprint density at radius 2 is 2.18 bits per heavy atom. The number of aromatic nitrogens is 1. The molecular weight excluding hydrogens is 216 g/mol. The fraction of sp³-hybridized carbons (Fsp3) is 0. The molecule has 0 bridgehead atoms. The van der Waals surface area contributed by atoms with Crippen LogP contribution in [-0.4, -0.2) is 16.4 Å². The number of hydrogen-bond acceptors (Lipinski definition) is 4. The maximum Gasteiger partial charge on any atom is 0.150 e. The molecule has 0 spiro atoms. The zero-order valence-electron chi connectivity index (χ0n) is 8.79. The summed E-state index contributed by atoms with van der Waals surface area (Å²) < 4.78 is 0. The molecule has 1 aromatic heterocycles. The van der Waals surface area contributed by atoms with Crippen LogP contribution in [0.15, 0.2) is 36.7 Å². The fourth-order valence-electron chi connectivity index (χ4n) is 1.54. The Balaban J connectivity index is 2.58. The van der Waals surface area contributed by atoms with Crippen LogP contribution in [0.3, 0.4) is 0 Å². The van der Waals surface area contributed by atoms with Gasteiger partial charge in [0.05, 0.1) is 5.56 Å². The molecule has 1 aromatic carbocycles. The number of benzene rings is 1. The minimum atomic E-state index is -0.106. The lowest BCUT2D eigenvalue weighted by molar-refractivity contribution is 0.112. The summed E-state index contributed by atoms with van der Waals surface area (Å²) in [6, 6.07) is 8.08. The second-order valence-electron chi connectivity index (χ2n) is 3.42. The highest BCUT2D eigenvalue weighted by Gasteiger charge is 2.07. The smallest absolute Gasteiger partial charge is 0.150 e. The van der Waals surface area contributed by atoms with Crippen LogP contribution in [-0.2, 0) is 0 Å². The van der Waals surface area contributed by atoms with Crippen molar-refractivity contribution in [3.05, 3.63) is 47.8 Å². The molecule has 0 amide bonds. The van der Waals surface area contributed by atoms with Gasteiger partial charge in [-0.05, 0) is 23.8 Å². The SMILES string of the molecule is N#Cc1ccc(-c2cnccc2C=O)cc1O. The minimum Gasteiger partial charge on any atom is -0.507 e. The van der Waals surface area contributed by atoms with Gasteiger partial charge in [-0.1, -0.05) is 6.07 Å². The van der Waals surface area contributed by atoms with E-state index in [2.05, 4.69) is 4.98 Å². The topological polar surface area (TPSA) is 74.0 Å². The van der Waals surface area contributed by atoms with Gasteiger partial charge < -0.3 is 5.11 Å². The number of carbonyl (C=O) groups is 1. The number of rotatable bonds is 2. The van der Waals surface area contributed by atoms with E-state index < -0.39 is 0 Å². The van der Waals surface area contributed by atoms with Crippen molar-refractivity contribution in [1.82, 2.24) is 4.98 Å². The van der Waals surface area contributed by atoms with Gasteiger partial charge in [0.15, 0.2) is 6.29 Å².